The van der Waals surface area contributed by atoms with Gasteiger partial charge in [0, 0.05) is 6.07 Å². The Morgan fingerprint density at radius 2 is 2.06 bits per heavy atom. The number of benzene rings is 1. The number of aliphatic carboxylic acids is 1. The van der Waals surface area contributed by atoms with Crippen molar-refractivity contribution >= 4 is 17.4 Å². The molecular weight excluding hydrogens is 218 g/mol. The van der Waals surface area contributed by atoms with Crippen LogP contribution in [0.15, 0.2) is 18.2 Å². The molecule has 1 rings (SSSR count). The SMILES string of the molecule is COc1ccc([N+](=O)[O-])c(C(=O)C(=O)O)c1. The van der Waals surface area contributed by atoms with Gasteiger partial charge in [-0.25, -0.2) is 4.79 Å². The number of hydrogen-bond donors (Lipinski definition) is 1. The summed E-state index contributed by atoms with van der Waals surface area (Å²) in [4.78, 5) is 31.4. The molecule has 0 aliphatic rings. The van der Waals surface area contributed by atoms with Crippen LogP contribution in [0.4, 0.5) is 5.69 Å². The van der Waals surface area contributed by atoms with Crippen LogP contribution in [0.25, 0.3) is 0 Å². The number of ketones is 1. The molecule has 0 aliphatic carbocycles. The smallest absolute Gasteiger partial charge is 0.377 e. The molecule has 0 spiro atoms. The number of ether oxygens (including phenoxy) is 1. The van der Waals surface area contributed by atoms with Crippen molar-refractivity contribution in [3.05, 3.63) is 33.9 Å². The predicted octanol–water partition coefficient (Wildman–Crippen LogP) is 0.871. The van der Waals surface area contributed by atoms with Crippen molar-refractivity contribution in [1.82, 2.24) is 0 Å². The van der Waals surface area contributed by atoms with Crippen LogP contribution in [0.5, 0.6) is 5.75 Å². The fourth-order valence-corrected chi connectivity index (χ4v) is 1.10. The van der Waals surface area contributed by atoms with E-state index >= 15 is 0 Å². The number of nitro benzene ring substituents is 1. The number of rotatable bonds is 4. The van der Waals surface area contributed by atoms with Crippen LogP contribution < -0.4 is 4.74 Å². The lowest BCUT2D eigenvalue weighted by Gasteiger charge is -2.02. The molecule has 0 saturated heterocycles. The number of nitro groups is 1. The highest BCUT2D eigenvalue weighted by Crippen LogP contribution is 2.24. The quantitative estimate of drug-likeness (QED) is 0.352. The molecule has 0 atom stereocenters. The summed E-state index contributed by atoms with van der Waals surface area (Å²) in [6, 6.07) is 3.32. The molecular formula is C9H7NO6. The second kappa shape index (κ2) is 4.39. The molecule has 0 fully saturated rings. The number of methoxy groups -OCH3 is 1. The number of carboxylic acid groups (broad SMARTS) is 1. The minimum Gasteiger partial charge on any atom is -0.497 e. The van der Waals surface area contributed by atoms with Crippen molar-refractivity contribution in [2.45, 2.75) is 0 Å². The maximum absolute atomic E-state index is 11.2. The monoisotopic (exact) mass is 225 g/mol. The number of carboxylic acids is 1. The van der Waals surface area contributed by atoms with Crippen molar-refractivity contribution in [3.63, 3.8) is 0 Å². The molecule has 7 nitrogen and oxygen atoms in total. The van der Waals surface area contributed by atoms with E-state index in [9.17, 15) is 19.7 Å². The second-order valence-corrected chi connectivity index (χ2v) is 2.77. The highest BCUT2D eigenvalue weighted by atomic mass is 16.6. The molecule has 0 unspecified atom stereocenters. The number of nitrogens with zero attached hydrogens (tertiary/aromatic N) is 1. The van der Waals surface area contributed by atoms with Gasteiger partial charge in [0.25, 0.3) is 11.5 Å². The van der Waals surface area contributed by atoms with Gasteiger partial charge >= 0.3 is 5.97 Å². The van der Waals surface area contributed by atoms with Gasteiger partial charge < -0.3 is 9.84 Å². The first-order valence-corrected chi connectivity index (χ1v) is 4.07. The molecule has 84 valence electrons. The van der Waals surface area contributed by atoms with Crippen molar-refractivity contribution in [2.24, 2.45) is 0 Å². The number of Topliss-reactive ketones (excluding diaryl/α,β-unsaturated/α-hetero) is 1. The summed E-state index contributed by atoms with van der Waals surface area (Å²) in [5, 5.41) is 19.1. The largest absolute Gasteiger partial charge is 0.497 e. The summed E-state index contributed by atoms with van der Waals surface area (Å²) in [5.74, 6) is -2.92. The van der Waals surface area contributed by atoms with E-state index < -0.39 is 27.9 Å². The third-order valence-electron chi connectivity index (χ3n) is 1.84. The molecule has 0 aromatic heterocycles. The highest BCUT2D eigenvalue weighted by molar-refractivity contribution is 6.40. The Labute approximate surface area is 89.4 Å². The molecule has 0 bridgehead atoms. The molecule has 0 heterocycles. The molecule has 0 radical (unpaired) electrons. The van der Waals surface area contributed by atoms with Gasteiger partial charge in [0.1, 0.15) is 11.3 Å². The lowest BCUT2D eigenvalue weighted by atomic mass is 10.1. The van der Waals surface area contributed by atoms with E-state index in [1.807, 2.05) is 0 Å². The molecule has 7 heteroatoms. The van der Waals surface area contributed by atoms with E-state index in [0.717, 1.165) is 12.1 Å². The first-order chi connectivity index (χ1) is 7.47. The fourth-order valence-electron chi connectivity index (χ4n) is 1.10. The Hall–Kier alpha value is -2.44. The Bertz CT molecular complexity index is 467. The molecule has 1 aromatic rings. The predicted molar refractivity (Wildman–Crippen MR) is 51.6 cm³/mol. The van der Waals surface area contributed by atoms with Gasteiger partial charge in [0.15, 0.2) is 0 Å². The van der Waals surface area contributed by atoms with Gasteiger partial charge in [-0.1, -0.05) is 0 Å². The van der Waals surface area contributed by atoms with E-state index in [1.165, 1.54) is 13.2 Å². The fraction of sp³-hybridized carbons (Fsp3) is 0.111. The Balaban J connectivity index is 3.36. The summed E-state index contributed by atoms with van der Waals surface area (Å²) in [6.07, 6.45) is 0. The second-order valence-electron chi connectivity index (χ2n) is 2.77. The van der Waals surface area contributed by atoms with Crippen molar-refractivity contribution in [1.29, 1.82) is 0 Å². The topological polar surface area (TPSA) is 107 Å². The highest BCUT2D eigenvalue weighted by Gasteiger charge is 2.25. The van der Waals surface area contributed by atoms with Crippen molar-refractivity contribution < 1.29 is 24.4 Å². The zero-order chi connectivity index (χ0) is 12.3. The Morgan fingerprint density at radius 3 is 2.50 bits per heavy atom. The average Bonchev–Trinajstić information content (AvgIpc) is 2.26. The lowest BCUT2D eigenvalue weighted by molar-refractivity contribution is -0.385. The molecule has 16 heavy (non-hydrogen) atoms. The van der Waals surface area contributed by atoms with E-state index in [-0.39, 0.29) is 5.75 Å². The molecule has 1 aromatic carbocycles. The van der Waals surface area contributed by atoms with Crippen LogP contribution in [-0.4, -0.2) is 28.9 Å². The van der Waals surface area contributed by atoms with Gasteiger partial charge in [0.05, 0.1) is 12.0 Å². The molecule has 0 saturated carbocycles. The summed E-state index contributed by atoms with van der Waals surface area (Å²) in [7, 11) is 1.30. The van der Waals surface area contributed by atoms with Crippen LogP contribution in [0.1, 0.15) is 10.4 Å². The van der Waals surface area contributed by atoms with E-state index in [2.05, 4.69) is 0 Å². The first kappa shape index (κ1) is 11.6. The van der Waals surface area contributed by atoms with Gasteiger partial charge in [-0.2, -0.15) is 0 Å². The standard InChI is InChI=1S/C9H7NO6/c1-16-5-2-3-7(10(14)15)6(4-5)8(11)9(12)13/h2-4H,1H3,(H,12,13). The number of hydrogen-bond acceptors (Lipinski definition) is 5. The third-order valence-corrected chi connectivity index (χ3v) is 1.84. The molecule has 1 N–H and O–H groups in total. The van der Waals surface area contributed by atoms with Crippen molar-refractivity contribution in [2.75, 3.05) is 7.11 Å². The third kappa shape index (κ3) is 2.14. The summed E-state index contributed by atoms with van der Waals surface area (Å²) < 4.78 is 4.75. The normalized spacial score (nSPS) is 9.56. The van der Waals surface area contributed by atoms with E-state index in [1.54, 1.807) is 0 Å². The number of carbonyl (C=O) groups excluding carboxylic acids is 1. The van der Waals surface area contributed by atoms with E-state index in [4.69, 9.17) is 9.84 Å². The van der Waals surface area contributed by atoms with Gasteiger partial charge in [-0.05, 0) is 12.1 Å². The first-order valence-electron chi connectivity index (χ1n) is 4.07. The summed E-state index contributed by atoms with van der Waals surface area (Å²) in [6.45, 7) is 0. The molecule has 0 amide bonds. The lowest BCUT2D eigenvalue weighted by Crippen LogP contribution is -2.14. The van der Waals surface area contributed by atoms with Gasteiger partial charge in [-0.15, -0.1) is 0 Å². The van der Waals surface area contributed by atoms with Crippen LogP contribution >= 0.6 is 0 Å². The number of carbonyl (C=O) groups is 2. The summed E-state index contributed by atoms with van der Waals surface area (Å²) >= 11 is 0. The minimum absolute atomic E-state index is 0.176. The molecule has 0 aliphatic heterocycles. The van der Waals surface area contributed by atoms with Crippen LogP contribution in [-0.2, 0) is 4.79 Å². The maximum Gasteiger partial charge on any atom is 0.377 e. The zero-order valence-corrected chi connectivity index (χ0v) is 8.17. The van der Waals surface area contributed by atoms with Gasteiger partial charge in [-0.3, -0.25) is 14.9 Å². The van der Waals surface area contributed by atoms with Crippen LogP contribution in [0.3, 0.4) is 0 Å². The minimum atomic E-state index is -1.75. The Morgan fingerprint density at radius 1 is 1.44 bits per heavy atom. The Kier molecular flexibility index (Phi) is 3.19. The van der Waals surface area contributed by atoms with E-state index in [0.29, 0.717) is 0 Å². The maximum atomic E-state index is 11.2. The van der Waals surface area contributed by atoms with Crippen molar-refractivity contribution in [3.8, 4) is 5.75 Å². The average molecular weight is 225 g/mol. The summed E-state index contributed by atoms with van der Waals surface area (Å²) in [5.41, 5.74) is -1.06. The van der Waals surface area contributed by atoms with Gasteiger partial charge in [0.2, 0.25) is 0 Å². The van der Waals surface area contributed by atoms with Crippen LogP contribution in [0.2, 0.25) is 0 Å². The zero-order valence-electron chi connectivity index (χ0n) is 8.17. The van der Waals surface area contributed by atoms with Crippen LogP contribution in [0, 0.1) is 10.1 Å².